The number of alkyl carbamates (subject to hydrolysis) is 1. The third-order valence-corrected chi connectivity index (χ3v) is 2.30. The predicted octanol–water partition coefficient (Wildman–Crippen LogP) is 2.15. The molecule has 0 unspecified atom stereocenters. The number of nitrogens with zero attached hydrogens (tertiary/aromatic N) is 2. The molecule has 22 heavy (non-hydrogen) atoms. The smallest absolute Gasteiger partial charge is 0.407 e. The van der Waals surface area contributed by atoms with Gasteiger partial charge in [0.25, 0.3) is 0 Å². The van der Waals surface area contributed by atoms with E-state index in [1.807, 2.05) is 13.8 Å². The lowest BCUT2D eigenvalue weighted by Crippen LogP contribution is -2.32. The summed E-state index contributed by atoms with van der Waals surface area (Å²) in [5, 5.41) is 6.44. The minimum atomic E-state index is -0.525. The second kappa shape index (κ2) is 7.63. The van der Waals surface area contributed by atoms with Gasteiger partial charge in [0.2, 0.25) is 0 Å². The van der Waals surface area contributed by atoms with Crippen molar-refractivity contribution in [3.63, 3.8) is 0 Å². The van der Waals surface area contributed by atoms with Gasteiger partial charge in [-0.1, -0.05) is 5.16 Å². The number of nitrogens with one attached hydrogen (secondary N) is 1. The van der Waals surface area contributed by atoms with E-state index < -0.39 is 11.7 Å². The summed E-state index contributed by atoms with van der Waals surface area (Å²) in [4.78, 5) is 20.8. The van der Waals surface area contributed by atoms with Crippen LogP contribution >= 0.6 is 0 Å². The van der Waals surface area contributed by atoms with Crippen molar-refractivity contribution in [2.75, 3.05) is 0 Å². The van der Waals surface area contributed by atoms with Crippen LogP contribution in [0, 0.1) is 0 Å². The van der Waals surface area contributed by atoms with Crippen molar-refractivity contribution in [1.29, 1.82) is 0 Å². The number of rotatable bonds is 5. The number of ether oxygens (including phenoxy) is 1. The maximum absolute atomic E-state index is 11.5. The molecule has 7 heteroatoms. The Labute approximate surface area is 130 Å². The van der Waals surface area contributed by atoms with Crippen molar-refractivity contribution in [1.82, 2.24) is 10.3 Å². The summed E-state index contributed by atoms with van der Waals surface area (Å²) in [5.74, 6) is 0.257. The molecular formula is C15H24N4O3. The SMILES string of the molecule is CC(C)O/N=C(/N)c1ccc(CNC(=O)OC(C)(C)C)nc1. The molecule has 0 aromatic carbocycles. The summed E-state index contributed by atoms with van der Waals surface area (Å²) in [6.45, 7) is 9.42. The molecule has 3 N–H and O–H groups in total. The number of hydrogen-bond donors (Lipinski definition) is 2. The van der Waals surface area contributed by atoms with Crippen LogP contribution in [0.4, 0.5) is 4.79 Å². The van der Waals surface area contributed by atoms with Crippen molar-refractivity contribution >= 4 is 11.9 Å². The van der Waals surface area contributed by atoms with Crippen LogP contribution in [0.25, 0.3) is 0 Å². The van der Waals surface area contributed by atoms with E-state index in [-0.39, 0.29) is 18.5 Å². The minimum Gasteiger partial charge on any atom is -0.444 e. The number of carbonyl (C=O) groups excluding carboxylic acids is 1. The molecule has 0 saturated heterocycles. The Bertz CT molecular complexity index is 519. The summed E-state index contributed by atoms with van der Waals surface area (Å²) in [6.07, 6.45) is 1.06. The summed E-state index contributed by atoms with van der Waals surface area (Å²) in [6, 6.07) is 3.52. The van der Waals surface area contributed by atoms with Crippen molar-refractivity contribution in [3.05, 3.63) is 29.6 Å². The number of pyridine rings is 1. The maximum Gasteiger partial charge on any atom is 0.407 e. The largest absolute Gasteiger partial charge is 0.444 e. The zero-order valence-corrected chi connectivity index (χ0v) is 13.7. The van der Waals surface area contributed by atoms with E-state index in [2.05, 4.69) is 15.5 Å². The van der Waals surface area contributed by atoms with Crippen LogP contribution < -0.4 is 11.1 Å². The van der Waals surface area contributed by atoms with E-state index in [9.17, 15) is 4.79 Å². The van der Waals surface area contributed by atoms with Gasteiger partial charge in [0.05, 0.1) is 12.2 Å². The van der Waals surface area contributed by atoms with Gasteiger partial charge in [-0.05, 0) is 46.8 Å². The monoisotopic (exact) mass is 308 g/mol. The van der Waals surface area contributed by atoms with E-state index in [1.165, 1.54) is 0 Å². The first-order chi connectivity index (χ1) is 10.2. The van der Waals surface area contributed by atoms with Crippen LogP contribution in [0.3, 0.4) is 0 Å². The highest BCUT2D eigenvalue weighted by Gasteiger charge is 2.15. The maximum atomic E-state index is 11.5. The molecule has 122 valence electrons. The van der Waals surface area contributed by atoms with Crippen LogP contribution in [0.15, 0.2) is 23.5 Å². The number of amidine groups is 1. The number of hydrogen-bond acceptors (Lipinski definition) is 5. The molecule has 1 amide bonds. The molecule has 1 rings (SSSR count). The molecule has 1 aromatic rings. The van der Waals surface area contributed by atoms with E-state index >= 15 is 0 Å². The normalized spacial score (nSPS) is 12.2. The lowest BCUT2D eigenvalue weighted by atomic mass is 10.2. The molecule has 0 atom stereocenters. The molecule has 1 aromatic heterocycles. The van der Waals surface area contributed by atoms with Crippen LogP contribution in [0.2, 0.25) is 0 Å². The molecule has 7 nitrogen and oxygen atoms in total. The molecule has 0 spiro atoms. The highest BCUT2D eigenvalue weighted by atomic mass is 16.6. The number of nitrogens with two attached hydrogens (primary N) is 1. The van der Waals surface area contributed by atoms with Crippen molar-refractivity contribution < 1.29 is 14.4 Å². The Hall–Kier alpha value is -2.31. The van der Waals surface area contributed by atoms with Gasteiger partial charge in [-0.2, -0.15) is 0 Å². The average Bonchev–Trinajstić information content (AvgIpc) is 2.41. The lowest BCUT2D eigenvalue weighted by molar-refractivity contribution is 0.0523. The fraction of sp³-hybridized carbons (Fsp3) is 0.533. The summed E-state index contributed by atoms with van der Waals surface area (Å²) in [7, 11) is 0. The van der Waals surface area contributed by atoms with Gasteiger partial charge in [-0.25, -0.2) is 4.79 Å². The Morgan fingerprint density at radius 2 is 2.09 bits per heavy atom. The average molecular weight is 308 g/mol. The third-order valence-electron chi connectivity index (χ3n) is 2.30. The summed E-state index contributed by atoms with van der Waals surface area (Å²) in [5.41, 5.74) is 6.60. The number of oxime groups is 1. The second-order valence-electron chi connectivity index (χ2n) is 6.02. The molecule has 0 aliphatic carbocycles. The van der Waals surface area contributed by atoms with Gasteiger partial charge in [0.1, 0.15) is 11.7 Å². The van der Waals surface area contributed by atoms with Crippen molar-refractivity contribution in [2.24, 2.45) is 10.9 Å². The fourth-order valence-corrected chi connectivity index (χ4v) is 1.37. The van der Waals surface area contributed by atoms with Crippen LogP contribution in [-0.2, 0) is 16.1 Å². The third kappa shape index (κ3) is 6.92. The standard InChI is InChI=1S/C15H24N4O3/c1-10(2)22-19-13(16)11-6-7-12(17-8-11)9-18-14(20)21-15(3,4)5/h6-8,10H,9H2,1-5H3,(H2,16,19)(H,18,20). The van der Waals surface area contributed by atoms with E-state index in [0.717, 1.165) is 0 Å². The van der Waals surface area contributed by atoms with Crippen molar-refractivity contribution in [3.8, 4) is 0 Å². The zero-order valence-electron chi connectivity index (χ0n) is 13.7. The van der Waals surface area contributed by atoms with Crippen LogP contribution in [0.5, 0.6) is 0 Å². The highest BCUT2D eigenvalue weighted by molar-refractivity contribution is 5.96. The molecule has 0 bridgehead atoms. The first-order valence-corrected chi connectivity index (χ1v) is 7.09. The van der Waals surface area contributed by atoms with Gasteiger partial charge in [0, 0.05) is 11.8 Å². The Kier molecular flexibility index (Phi) is 6.15. The lowest BCUT2D eigenvalue weighted by Gasteiger charge is -2.19. The number of amides is 1. The van der Waals surface area contributed by atoms with E-state index in [0.29, 0.717) is 11.3 Å². The van der Waals surface area contributed by atoms with Gasteiger partial charge in [-0.15, -0.1) is 0 Å². The van der Waals surface area contributed by atoms with Gasteiger partial charge in [0.15, 0.2) is 5.84 Å². The Morgan fingerprint density at radius 1 is 1.41 bits per heavy atom. The number of carbonyl (C=O) groups is 1. The quantitative estimate of drug-likeness (QED) is 0.493. The van der Waals surface area contributed by atoms with E-state index in [4.69, 9.17) is 15.3 Å². The van der Waals surface area contributed by atoms with E-state index in [1.54, 1.807) is 39.1 Å². The highest BCUT2D eigenvalue weighted by Crippen LogP contribution is 2.07. The summed E-state index contributed by atoms with van der Waals surface area (Å²) < 4.78 is 5.14. The van der Waals surface area contributed by atoms with Crippen LogP contribution in [-0.4, -0.2) is 28.6 Å². The molecule has 0 saturated carbocycles. The minimum absolute atomic E-state index is 0.0381. The first kappa shape index (κ1) is 17.7. The van der Waals surface area contributed by atoms with Gasteiger partial charge < -0.3 is 20.6 Å². The molecule has 1 heterocycles. The Balaban J connectivity index is 2.55. The fourth-order valence-electron chi connectivity index (χ4n) is 1.37. The van der Waals surface area contributed by atoms with Crippen LogP contribution in [0.1, 0.15) is 45.9 Å². The predicted molar refractivity (Wildman–Crippen MR) is 84.3 cm³/mol. The molecule has 0 fully saturated rings. The Morgan fingerprint density at radius 3 is 2.59 bits per heavy atom. The molecule has 0 aliphatic heterocycles. The molecule has 0 aliphatic rings. The molecular weight excluding hydrogens is 284 g/mol. The zero-order chi connectivity index (χ0) is 16.8. The topological polar surface area (TPSA) is 98.8 Å². The first-order valence-electron chi connectivity index (χ1n) is 7.09. The van der Waals surface area contributed by atoms with Crippen molar-refractivity contribution in [2.45, 2.75) is 52.9 Å². The van der Waals surface area contributed by atoms with Gasteiger partial charge >= 0.3 is 6.09 Å². The molecule has 0 radical (unpaired) electrons. The summed E-state index contributed by atoms with van der Waals surface area (Å²) >= 11 is 0. The number of aromatic nitrogens is 1. The second-order valence-corrected chi connectivity index (χ2v) is 6.02. The van der Waals surface area contributed by atoms with Gasteiger partial charge in [-0.3, -0.25) is 4.98 Å².